The van der Waals surface area contributed by atoms with Crippen LogP contribution in [-0.4, -0.2) is 19.7 Å². The molecule has 0 heterocycles. The normalized spacial score (nSPS) is 11.6. The highest BCUT2D eigenvalue weighted by Gasteiger charge is 2.30. The van der Waals surface area contributed by atoms with Gasteiger partial charge >= 0.3 is 7.82 Å². The zero-order valence-electron chi connectivity index (χ0n) is 27.0. The maximum absolute atomic E-state index is 13.8. The standard InChI is InChI=1S/C36H60NO4P/c1-4-7-10-12-14-16-18-20-33-22-26-35(27-23-33)40-42(38,39-32-31-37-30-9-6-3)41-36-28-24-34(25-29-36)21-19-17-15-13-11-8-5-2/h22-29,37H,4-21,30-32H2,1-3H3. The van der Waals surface area contributed by atoms with Crippen molar-refractivity contribution in [1.29, 1.82) is 0 Å². The highest BCUT2D eigenvalue weighted by atomic mass is 31.2. The van der Waals surface area contributed by atoms with Crippen molar-refractivity contribution in [3.63, 3.8) is 0 Å². The second kappa shape index (κ2) is 23.6. The zero-order valence-corrected chi connectivity index (χ0v) is 27.9. The third-order valence-electron chi connectivity index (χ3n) is 7.65. The second-order valence-electron chi connectivity index (χ2n) is 11.6. The van der Waals surface area contributed by atoms with Gasteiger partial charge in [0, 0.05) is 6.54 Å². The molecule has 1 N–H and O–H groups in total. The van der Waals surface area contributed by atoms with Crippen molar-refractivity contribution >= 4 is 7.82 Å². The summed E-state index contributed by atoms with van der Waals surface area (Å²) in [5.74, 6) is 0.993. The van der Waals surface area contributed by atoms with Gasteiger partial charge in [-0.15, -0.1) is 0 Å². The van der Waals surface area contributed by atoms with Gasteiger partial charge in [-0.2, -0.15) is 0 Å². The molecule has 2 aromatic carbocycles. The summed E-state index contributed by atoms with van der Waals surface area (Å²) >= 11 is 0. The highest BCUT2D eigenvalue weighted by molar-refractivity contribution is 7.49. The first kappa shape index (κ1) is 36.4. The minimum absolute atomic E-state index is 0.244. The average molecular weight is 602 g/mol. The van der Waals surface area contributed by atoms with Crippen molar-refractivity contribution < 1.29 is 18.1 Å². The van der Waals surface area contributed by atoms with Crippen LogP contribution < -0.4 is 14.4 Å². The largest absolute Gasteiger partial charge is 0.587 e. The molecule has 0 saturated carbocycles. The Bertz CT molecular complexity index is 880. The van der Waals surface area contributed by atoms with Crippen LogP contribution in [0.25, 0.3) is 0 Å². The van der Waals surface area contributed by atoms with Gasteiger partial charge in [0.1, 0.15) is 11.5 Å². The minimum atomic E-state index is -3.87. The molecule has 0 aliphatic rings. The second-order valence-corrected chi connectivity index (χ2v) is 13.1. The lowest BCUT2D eigenvalue weighted by atomic mass is 10.0. The molecule has 0 fully saturated rings. The van der Waals surface area contributed by atoms with Gasteiger partial charge in [0.05, 0.1) is 6.61 Å². The van der Waals surface area contributed by atoms with E-state index in [2.05, 4.69) is 50.4 Å². The maximum Gasteiger partial charge on any atom is 0.587 e. The fraction of sp³-hybridized carbons (Fsp3) is 0.667. The molecule has 0 aromatic heterocycles. The van der Waals surface area contributed by atoms with Crippen LogP contribution in [0.2, 0.25) is 0 Å². The number of aryl methyl sites for hydroxylation is 2. The van der Waals surface area contributed by atoms with Crippen LogP contribution in [0.3, 0.4) is 0 Å². The lowest BCUT2D eigenvalue weighted by Gasteiger charge is -2.19. The first-order chi connectivity index (χ1) is 20.6. The van der Waals surface area contributed by atoms with E-state index in [9.17, 15) is 4.57 Å². The van der Waals surface area contributed by atoms with E-state index < -0.39 is 7.82 Å². The van der Waals surface area contributed by atoms with Crippen LogP contribution in [0, 0.1) is 0 Å². The van der Waals surface area contributed by atoms with Crippen LogP contribution >= 0.6 is 7.82 Å². The van der Waals surface area contributed by atoms with Gasteiger partial charge in [0.15, 0.2) is 0 Å². The van der Waals surface area contributed by atoms with Crippen LogP contribution in [0.4, 0.5) is 0 Å². The molecule has 42 heavy (non-hydrogen) atoms. The number of hydrogen-bond donors (Lipinski definition) is 1. The van der Waals surface area contributed by atoms with Gasteiger partial charge in [0.25, 0.3) is 0 Å². The van der Waals surface area contributed by atoms with Gasteiger partial charge in [0.2, 0.25) is 0 Å². The molecule has 2 aromatic rings. The minimum Gasteiger partial charge on any atom is -0.395 e. The molecule has 0 amide bonds. The Morgan fingerprint density at radius 1 is 0.524 bits per heavy atom. The summed E-state index contributed by atoms with van der Waals surface area (Å²) in [7, 11) is -3.87. The van der Waals surface area contributed by atoms with E-state index in [1.54, 1.807) is 0 Å². The smallest absolute Gasteiger partial charge is 0.395 e. The summed E-state index contributed by atoms with van der Waals surface area (Å²) < 4.78 is 31.3. The van der Waals surface area contributed by atoms with E-state index in [4.69, 9.17) is 13.6 Å². The number of hydrogen-bond acceptors (Lipinski definition) is 5. The lowest BCUT2D eigenvalue weighted by molar-refractivity contribution is 0.210. The van der Waals surface area contributed by atoms with Gasteiger partial charge in [-0.25, -0.2) is 4.57 Å². The summed E-state index contributed by atoms with van der Waals surface area (Å²) in [6.45, 7) is 8.41. The molecule has 0 saturated heterocycles. The molecule has 0 aliphatic heterocycles. The van der Waals surface area contributed by atoms with Crippen LogP contribution in [0.1, 0.15) is 135 Å². The quantitative estimate of drug-likeness (QED) is 0.0815. The Hall–Kier alpha value is -1.81. The molecule has 6 heteroatoms. The predicted molar refractivity (Wildman–Crippen MR) is 179 cm³/mol. The Kier molecular flexibility index (Phi) is 20.5. The Morgan fingerprint density at radius 3 is 1.36 bits per heavy atom. The van der Waals surface area contributed by atoms with E-state index >= 15 is 0 Å². The average Bonchev–Trinajstić information content (AvgIpc) is 2.99. The third-order valence-corrected chi connectivity index (χ3v) is 9.02. The monoisotopic (exact) mass is 601 g/mol. The number of phosphoric acid groups is 1. The van der Waals surface area contributed by atoms with E-state index in [1.165, 1.54) is 101 Å². The first-order valence-corrected chi connectivity index (χ1v) is 18.6. The molecule has 0 radical (unpaired) electrons. The zero-order chi connectivity index (χ0) is 30.1. The third kappa shape index (κ3) is 17.3. The van der Waals surface area contributed by atoms with Crippen LogP contribution in [-0.2, 0) is 21.9 Å². The highest BCUT2D eigenvalue weighted by Crippen LogP contribution is 2.49. The van der Waals surface area contributed by atoms with Crippen molar-refractivity contribution in [2.24, 2.45) is 0 Å². The van der Waals surface area contributed by atoms with Gasteiger partial charge in [-0.1, -0.05) is 129 Å². The van der Waals surface area contributed by atoms with Gasteiger partial charge in [-0.3, -0.25) is 4.52 Å². The molecular formula is C36H60NO4P. The number of phosphoric ester groups is 1. The fourth-order valence-electron chi connectivity index (χ4n) is 4.99. The summed E-state index contributed by atoms with van der Waals surface area (Å²) in [5, 5.41) is 3.32. The molecule has 0 spiro atoms. The summed E-state index contributed by atoms with van der Waals surface area (Å²) in [6, 6.07) is 15.7. The van der Waals surface area contributed by atoms with E-state index in [1.807, 2.05) is 24.3 Å². The molecular weight excluding hydrogens is 541 g/mol. The molecule has 0 unspecified atom stereocenters. The number of nitrogens with one attached hydrogen (secondary N) is 1. The number of unbranched alkanes of at least 4 members (excludes halogenated alkanes) is 13. The summed E-state index contributed by atoms with van der Waals surface area (Å²) in [4.78, 5) is 0. The van der Waals surface area contributed by atoms with Crippen molar-refractivity contribution in [3.8, 4) is 11.5 Å². The molecule has 5 nitrogen and oxygen atoms in total. The first-order valence-electron chi connectivity index (χ1n) is 17.1. The van der Waals surface area contributed by atoms with Crippen molar-refractivity contribution in [2.75, 3.05) is 19.7 Å². The molecule has 2 rings (SSSR count). The Labute approximate surface area is 258 Å². The van der Waals surface area contributed by atoms with Crippen LogP contribution in [0.15, 0.2) is 48.5 Å². The predicted octanol–water partition coefficient (Wildman–Crippen LogP) is 11.2. The lowest BCUT2D eigenvalue weighted by Crippen LogP contribution is -2.21. The van der Waals surface area contributed by atoms with Gasteiger partial charge in [-0.05, 0) is 74.0 Å². The molecule has 0 aliphatic carbocycles. The van der Waals surface area contributed by atoms with Crippen LogP contribution in [0.5, 0.6) is 11.5 Å². The van der Waals surface area contributed by atoms with Gasteiger partial charge < -0.3 is 14.4 Å². The summed E-state index contributed by atoms with van der Waals surface area (Å²) in [6.07, 6.45) is 22.5. The van der Waals surface area contributed by atoms with E-state index in [0.717, 1.165) is 32.2 Å². The SMILES string of the molecule is CCCCCCCCCc1ccc(OP(=O)(OCCNCCCC)Oc2ccc(CCCCCCCCC)cc2)cc1. The van der Waals surface area contributed by atoms with Crippen molar-refractivity contribution in [3.05, 3.63) is 59.7 Å². The topological polar surface area (TPSA) is 56.8 Å². The van der Waals surface area contributed by atoms with Crippen molar-refractivity contribution in [1.82, 2.24) is 5.32 Å². The van der Waals surface area contributed by atoms with Crippen molar-refractivity contribution in [2.45, 2.75) is 136 Å². The van der Waals surface area contributed by atoms with E-state index in [-0.39, 0.29) is 6.61 Å². The molecule has 238 valence electrons. The fourth-order valence-corrected chi connectivity index (χ4v) is 6.21. The Balaban J connectivity index is 1.88. The number of rotatable bonds is 27. The molecule has 0 atom stereocenters. The summed E-state index contributed by atoms with van der Waals surface area (Å²) in [5.41, 5.74) is 2.54. The Morgan fingerprint density at radius 2 is 0.929 bits per heavy atom. The van der Waals surface area contributed by atoms with E-state index in [0.29, 0.717) is 18.0 Å². The maximum atomic E-state index is 13.8. The molecule has 0 bridgehead atoms. The number of benzene rings is 2.